The van der Waals surface area contributed by atoms with Crippen molar-refractivity contribution in [2.75, 3.05) is 7.11 Å². The van der Waals surface area contributed by atoms with E-state index in [0.29, 0.717) is 0 Å². The Morgan fingerprint density at radius 3 is 2.18 bits per heavy atom. The molecule has 0 unspecified atom stereocenters. The van der Waals surface area contributed by atoms with E-state index in [4.69, 9.17) is 5.26 Å². The van der Waals surface area contributed by atoms with Crippen LogP contribution in [-0.4, -0.2) is 19.3 Å². The number of alkyl halides is 3. The van der Waals surface area contributed by atoms with Crippen molar-refractivity contribution in [1.29, 1.82) is 5.26 Å². The van der Waals surface area contributed by atoms with Crippen molar-refractivity contribution in [3.8, 4) is 6.07 Å². The molecule has 0 saturated heterocycles. The van der Waals surface area contributed by atoms with Crippen LogP contribution in [0.3, 0.4) is 0 Å². The number of halogens is 3. The molecule has 0 aliphatic heterocycles. The van der Waals surface area contributed by atoms with Gasteiger partial charge in [-0.1, -0.05) is 0 Å². The topological polar surface area (TPSA) is 50.1 Å². The number of carbonyl (C=O) groups excluding carboxylic acids is 1. The van der Waals surface area contributed by atoms with E-state index in [1.54, 1.807) is 0 Å². The van der Waals surface area contributed by atoms with Gasteiger partial charge < -0.3 is 4.74 Å². The Morgan fingerprint density at radius 2 is 2.09 bits per heavy atom. The second-order valence-electron chi connectivity index (χ2n) is 1.63. The molecule has 0 amide bonds. The molecule has 0 saturated carbocycles. The lowest BCUT2D eigenvalue weighted by Crippen LogP contribution is -2.30. The zero-order valence-corrected chi connectivity index (χ0v) is 5.47. The first-order chi connectivity index (χ1) is 4.93. The molecule has 0 rings (SSSR count). The largest absolute Gasteiger partial charge is 0.468 e. The van der Waals surface area contributed by atoms with Crippen molar-refractivity contribution in [3.05, 3.63) is 0 Å². The first-order valence-electron chi connectivity index (χ1n) is 2.47. The minimum Gasteiger partial charge on any atom is -0.468 e. The van der Waals surface area contributed by atoms with Gasteiger partial charge in [0.2, 0.25) is 5.92 Å². The van der Waals surface area contributed by atoms with E-state index < -0.39 is 18.1 Å². The van der Waals surface area contributed by atoms with Crippen LogP contribution in [0, 0.1) is 17.2 Å². The molecule has 0 aromatic carbocycles. The molecule has 0 heterocycles. The third kappa shape index (κ3) is 2.45. The Kier molecular flexibility index (Phi) is 2.87. The predicted molar refractivity (Wildman–Crippen MR) is 27.2 cm³/mol. The molecule has 0 bridgehead atoms. The molecule has 0 N–H and O–H groups in total. The highest BCUT2D eigenvalue weighted by Crippen LogP contribution is 2.26. The molecular formula is C5H4F3NO2. The Labute approximate surface area is 60.4 Å². The van der Waals surface area contributed by atoms with E-state index in [9.17, 15) is 18.0 Å². The fourth-order valence-corrected chi connectivity index (χ4v) is 0.377. The summed E-state index contributed by atoms with van der Waals surface area (Å²) in [4.78, 5) is 10.2. The highest BCUT2D eigenvalue weighted by atomic mass is 19.4. The fourth-order valence-electron chi connectivity index (χ4n) is 0.377. The zero-order valence-electron chi connectivity index (χ0n) is 5.47. The third-order valence-corrected chi connectivity index (χ3v) is 0.893. The molecule has 0 aromatic rings. The normalized spacial score (nSPS) is 13.4. The highest BCUT2D eigenvalue weighted by molar-refractivity contribution is 5.75. The molecule has 62 valence electrons. The Balaban J connectivity index is 4.45. The van der Waals surface area contributed by atoms with Crippen LogP contribution in [-0.2, 0) is 9.53 Å². The van der Waals surface area contributed by atoms with Gasteiger partial charge in [0.15, 0.2) is 0 Å². The fraction of sp³-hybridized carbons (Fsp3) is 0.600. The lowest BCUT2D eigenvalue weighted by atomic mass is 10.2. The number of rotatable bonds is 1. The van der Waals surface area contributed by atoms with Crippen molar-refractivity contribution in [1.82, 2.24) is 0 Å². The van der Waals surface area contributed by atoms with Crippen molar-refractivity contribution < 1.29 is 22.7 Å². The Hall–Kier alpha value is -1.25. The molecule has 0 spiro atoms. The number of hydrogen-bond donors (Lipinski definition) is 0. The van der Waals surface area contributed by atoms with E-state index in [2.05, 4.69) is 4.74 Å². The van der Waals surface area contributed by atoms with Crippen LogP contribution < -0.4 is 0 Å². The Morgan fingerprint density at radius 1 is 1.64 bits per heavy atom. The summed E-state index contributed by atoms with van der Waals surface area (Å²) in [6.07, 6.45) is -4.85. The van der Waals surface area contributed by atoms with E-state index >= 15 is 0 Å². The van der Waals surface area contributed by atoms with Crippen LogP contribution in [0.15, 0.2) is 0 Å². The van der Waals surface area contributed by atoms with Crippen molar-refractivity contribution in [2.24, 2.45) is 5.92 Å². The van der Waals surface area contributed by atoms with E-state index in [0.717, 1.165) is 13.2 Å². The molecule has 1 atom stereocenters. The van der Waals surface area contributed by atoms with Gasteiger partial charge in [-0.15, -0.1) is 0 Å². The number of nitrogens with zero attached hydrogens (tertiary/aromatic N) is 1. The summed E-state index contributed by atoms with van der Waals surface area (Å²) >= 11 is 0. The second-order valence-corrected chi connectivity index (χ2v) is 1.63. The quantitative estimate of drug-likeness (QED) is 0.544. The van der Waals surface area contributed by atoms with Gasteiger partial charge in [0.1, 0.15) is 0 Å². The maximum atomic E-state index is 11.6. The van der Waals surface area contributed by atoms with Crippen LogP contribution in [0.1, 0.15) is 0 Å². The minimum atomic E-state index is -4.85. The summed E-state index contributed by atoms with van der Waals surface area (Å²) in [5, 5.41) is 7.89. The van der Waals surface area contributed by atoms with Crippen LogP contribution in [0.4, 0.5) is 13.2 Å². The number of methoxy groups -OCH3 is 1. The standard InChI is InChI=1S/C5H4F3NO2/c1-11-4(10)3(2-9)5(6,7)8/h3H,1H3/t3-/m1/s1. The molecule has 0 aliphatic carbocycles. The van der Waals surface area contributed by atoms with E-state index in [1.807, 2.05) is 0 Å². The van der Waals surface area contributed by atoms with Gasteiger partial charge in [-0.3, -0.25) is 4.79 Å². The smallest absolute Gasteiger partial charge is 0.415 e. The number of carbonyl (C=O) groups is 1. The first-order valence-corrected chi connectivity index (χ1v) is 2.47. The predicted octanol–water partition coefficient (Wildman–Crippen LogP) is 0.861. The lowest BCUT2D eigenvalue weighted by Gasteiger charge is -2.09. The van der Waals surface area contributed by atoms with E-state index in [1.165, 1.54) is 0 Å². The maximum absolute atomic E-state index is 11.6. The number of nitriles is 1. The van der Waals surface area contributed by atoms with Gasteiger partial charge >= 0.3 is 12.1 Å². The number of ether oxygens (including phenoxy) is 1. The molecule has 0 aromatic heterocycles. The average Bonchev–Trinajstić information content (AvgIpc) is 1.86. The third-order valence-electron chi connectivity index (χ3n) is 0.893. The van der Waals surface area contributed by atoms with Gasteiger partial charge in [-0.2, -0.15) is 18.4 Å². The monoisotopic (exact) mass is 167 g/mol. The summed E-state index contributed by atoms with van der Waals surface area (Å²) in [5.41, 5.74) is 0. The van der Waals surface area contributed by atoms with Crippen LogP contribution in [0.5, 0.6) is 0 Å². The molecule has 6 heteroatoms. The molecular weight excluding hydrogens is 163 g/mol. The van der Waals surface area contributed by atoms with Gasteiger partial charge in [0.05, 0.1) is 13.2 Å². The lowest BCUT2D eigenvalue weighted by molar-refractivity contribution is -0.184. The minimum absolute atomic E-state index is 0.790. The molecule has 11 heavy (non-hydrogen) atoms. The average molecular weight is 167 g/mol. The molecule has 0 radical (unpaired) electrons. The number of esters is 1. The molecule has 3 nitrogen and oxygen atoms in total. The van der Waals surface area contributed by atoms with Crippen LogP contribution in [0.2, 0.25) is 0 Å². The highest BCUT2D eigenvalue weighted by Gasteiger charge is 2.46. The van der Waals surface area contributed by atoms with Crippen molar-refractivity contribution in [2.45, 2.75) is 6.18 Å². The zero-order chi connectivity index (χ0) is 9.07. The molecule has 0 fully saturated rings. The van der Waals surface area contributed by atoms with Gasteiger partial charge in [-0.25, -0.2) is 0 Å². The van der Waals surface area contributed by atoms with Gasteiger partial charge in [-0.05, 0) is 0 Å². The van der Waals surface area contributed by atoms with Crippen molar-refractivity contribution >= 4 is 5.97 Å². The summed E-state index contributed by atoms with van der Waals surface area (Å²) in [5.74, 6) is -4.26. The van der Waals surface area contributed by atoms with Crippen LogP contribution >= 0.6 is 0 Å². The second kappa shape index (κ2) is 3.23. The molecule has 0 aliphatic rings. The van der Waals surface area contributed by atoms with Gasteiger partial charge in [0.25, 0.3) is 0 Å². The summed E-state index contributed by atoms with van der Waals surface area (Å²) in [6.45, 7) is 0. The van der Waals surface area contributed by atoms with Gasteiger partial charge in [0, 0.05) is 0 Å². The Bertz CT molecular complexity index is 193. The summed E-state index contributed by atoms with van der Waals surface area (Å²) in [6, 6.07) is 0.793. The SMILES string of the molecule is COC(=O)[C@@H](C#N)C(F)(F)F. The number of hydrogen-bond acceptors (Lipinski definition) is 3. The summed E-state index contributed by atoms with van der Waals surface area (Å²) in [7, 11) is 0.790. The first kappa shape index (κ1) is 9.75. The van der Waals surface area contributed by atoms with Crippen molar-refractivity contribution in [3.63, 3.8) is 0 Å². The maximum Gasteiger partial charge on any atom is 0.415 e. The van der Waals surface area contributed by atoms with Crippen LogP contribution in [0.25, 0.3) is 0 Å². The summed E-state index contributed by atoms with van der Waals surface area (Å²) < 4.78 is 38.7. The van der Waals surface area contributed by atoms with E-state index in [-0.39, 0.29) is 0 Å².